The van der Waals surface area contributed by atoms with Crippen LogP contribution in [-0.2, 0) is 4.79 Å². The monoisotopic (exact) mass is 279 g/mol. The number of hydrogen-bond acceptors (Lipinski definition) is 4. The number of nitrogens with zero attached hydrogens (tertiary/aromatic N) is 1. The number of hydrogen-bond donors (Lipinski definition) is 1. The minimum atomic E-state index is -1.24. The highest BCUT2D eigenvalue weighted by Gasteiger charge is 2.29. The minimum Gasteiger partial charge on any atom is -0.478 e. The van der Waals surface area contributed by atoms with Gasteiger partial charge in [-0.05, 0) is 32.0 Å². The van der Waals surface area contributed by atoms with Crippen LogP contribution >= 0.6 is 11.3 Å². The second-order valence-corrected chi connectivity index (χ2v) is 6.32. The minimum absolute atomic E-state index is 0.386. The fraction of sp³-hybridized carbons (Fsp3) is 0.429. The molecule has 0 fully saturated rings. The third-order valence-electron chi connectivity index (χ3n) is 2.76. The maximum absolute atomic E-state index is 11.0. The third kappa shape index (κ3) is 2.87. The average molecular weight is 279 g/mol. The molecule has 0 saturated heterocycles. The fourth-order valence-electron chi connectivity index (χ4n) is 1.57. The van der Waals surface area contributed by atoms with Crippen LogP contribution in [0.15, 0.2) is 18.2 Å². The lowest BCUT2D eigenvalue weighted by atomic mass is 10.1. The number of aromatic nitrogens is 1. The van der Waals surface area contributed by atoms with Crippen molar-refractivity contribution >= 4 is 27.5 Å². The number of carboxylic acids is 1. The normalized spacial score (nSPS) is 12.1. The Morgan fingerprint density at radius 3 is 2.68 bits per heavy atom. The highest BCUT2D eigenvalue weighted by Crippen LogP contribution is 2.31. The lowest BCUT2D eigenvalue weighted by Crippen LogP contribution is -2.37. The summed E-state index contributed by atoms with van der Waals surface area (Å²) in [5.74, 6) is -0.0455. The first-order valence-corrected chi connectivity index (χ1v) is 6.94. The number of ether oxygens (including phenoxy) is 1. The molecule has 5 heteroatoms. The summed E-state index contributed by atoms with van der Waals surface area (Å²) in [4.78, 5) is 15.6. The third-order valence-corrected chi connectivity index (χ3v) is 4.08. The van der Waals surface area contributed by atoms with Gasteiger partial charge in [0.1, 0.15) is 5.75 Å². The first kappa shape index (κ1) is 13.8. The largest absolute Gasteiger partial charge is 0.478 e. The van der Waals surface area contributed by atoms with Crippen LogP contribution in [0, 0.1) is 0 Å². The molecule has 2 aromatic rings. The van der Waals surface area contributed by atoms with Crippen molar-refractivity contribution in [3.63, 3.8) is 0 Å². The highest BCUT2D eigenvalue weighted by molar-refractivity contribution is 7.18. The molecule has 0 aliphatic carbocycles. The van der Waals surface area contributed by atoms with Gasteiger partial charge in [-0.1, -0.05) is 13.8 Å². The van der Waals surface area contributed by atoms with Crippen molar-refractivity contribution in [1.29, 1.82) is 0 Å². The van der Waals surface area contributed by atoms with Crippen LogP contribution in [0.25, 0.3) is 10.2 Å². The summed E-state index contributed by atoms with van der Waals surface area (Å²) in [6.07, 6.45) is 0. The number of carbonyl (C=O) groups is 1. The van der Waals surface area contributed by atoms with Gasteiger partial charge in [-0.25, -0.2) is 9.78 Å². The van der Waals surface area contributed by atoms with E-state index in [0.717, 1.165) is 15.2 Å². The van der Waals surface area contributed by atoms with Crippen molar-refractivity contribution in [3.8, 4) is 5.75 Å². The Balaban J connectivity index is 2.34. The second kappa shape index (κ2) is 4.81. The molecule has 1 N–H and O–H groups in total. The molecule has 0 saturated carbocycles. The van der Waals surface area contributed by atoms with E-state index in [-0.39, 0.29) is 0 Å². The molecule has 0 aliphatic heterocycles. The van der Waals surface area contributed by atoms with Crippen LogP contribution in [0.4, 0.5) is 0 Å². The lowest BCUT2D eigenvalue weighted by molar-refractivity contribution is -0.152. The molecule has 19 heavy (non-hydrogen) atoms. The van der Waals surface area contributed by atoms with Crippen LogP contribution in [-0.4, -0.2) is 21.7 Å². The summed E-state index contributed by atoms with van der Waals surface area (Å²) in [5.41, 5.74) is -0.312. The first-order chi connectivity index (χ1) is 8.79. The van der Waals surface area contributed by atoms with E-state index in [0.29, 0.717) is 11.7 Å². The molecule has 1 aromatic carbocycles. The van der Waals surface area contributed by atoms with Crippen molar-refractivity contribution in [1.82, 2.24) is 4.98 Å². The van der Waals surface area contributed by atoms with Gasteiger partial charge in [0.05, 0.1) is 15.2 Å². The van der Waals surface area contributed by atoms with Crippen molar-refractivity contribution in [2.45, 2.75) is 39.2 Å². The molecule has 1 aromatic heterocycles. The Morgan fingerprint density at radius 2 is 2.11 bits per heavy atom. The Labute approximate surface area is 116 Å². The van der Waals surface area contributed by atoms with Gasteiger partial charge in [0.2, 0.25) is 0 Å². The zero-order valence-corrected chi connectivity index (χ0v) is 12.2. The predicted octanol–water partition coefficient (Wildman–Crippen LogP) is 3.66. The Morgan fingerprint density at radius 1 is 1.42 bits per heavy atom. The summed E-state index contributed by atoms with van der Waals surface area (Å²) >= 11 is 1.62. The molecule has 0 bridgehead atoms. The zero-order chi connectivity index (χ0) is 14.2. The van der Waals surface area contributed by atoms with Gasteiger partial charge >= 0.3 is 5.97 Å². The Kier molecular flexibility index (Phi) is 3.49. The van der Waals surface area contributed by atoms with Crippen molar-refractivity contribution in [3.05, 3.63) is 23.2 Å². The SMILES string of the molecule is CC(C)c1nc2ccc(OC(C)(C)C(=O)O)cc2s1. The summed E-state index contributed by atoms with van der Waals surface area (Å²) < 4.78 is 6.54. The van der Waals surface area contributed by atoms with Gasteiger partial charge in [0.25, 0.3) is 0 Å². The summed E-state index contributed by atoms with van der Waals surface area (Å²) in [6, 6.07) is 5.48. The first-order valence-electron chi connectivity index (χ1n) is 6.12. The van der Waals surface area contributed by atoms with E-state index in [9.17, 15) is 4.79 Å². The number of rotatable bonds is 4. The number of fused-ring (bicyclic) bond motifs is 1. The van der Waals surface area contributed by atoms with E-state index in [1.807, 2.05) is 12.1 Å². The quantitative estimate of drug-likeness (QED) is 0.927. The second-order valence-electron chi connectivity index (χ2n) is 5.25. The van der Waals surface area contributed by atoms with E-state index in [4.69, 9.17) is 9.84 Å². The van der Waals surface area contributed by atoms with Gasteiger partial charge in [-0.15, -0.1) is 11.3 Å². The molecule has 0 spiro atoms. The lowest BCUT2D eigenvalue weighted by Gasteiger charge is -2.21. The van der Waals surface area contributed by atoms with Crippen molar-refractivity contribution in [2.75, 3.05) is 0 Å². The molecule has 102 valence electrons. The van der Waals surface area contributed by atoms with Crippen LogP contribution < -0.4 is 4.74 Å². The zero-order valence-electron chi connectivity index (χ0n) is 11.4. The molecule has 1 heterocycles. The van der Waals surface area contributed by atoms with Crippen LogP contribution in [0.1, 0.15) is 38.6 Å². The number of benzene rings is 1. The predicted molar refractivity (Wildman–Crippen MR) is 76.1 cm³/mol. The molecular formula is C14H17NO3S. The molecule has 0 aliphatic rings. The molecule has 0 amide bonds. The van der Waals surface area contributed by atoms with Crippen molar-refractivity contribution in [2.24, 2.45) is 0 Å². The van der Waals surface area contributed by atoms with Crippen molar-refractivity contribution < 1.29 is 14.6 Å². The topological polar surface area (TPSA) is 59.4 Å². The summed E-state index contributed by atoms with van der Waals surface area (Å²) in [7, 11) is 0. The number of thiazole rings is 1. The molecular weight excluding hydrogens is 262 g/mol. The van der Waals surface area contributed by atoms with Crippen LogP contribution in [0.5, 0.6) is 5.75 Å². The smallest absolute Gasteiger partial charge is 0.347 e. The summed E-state index contributed by atoms with van der Waals surface area (Å²) in [6.45, 7) is 7.27. The number of carboxylic acid groups (broad SMARTS) is 1. The average Bonchev–Trinajstić information content (AvgIpc) is 2.71. The molecule has 2 rings (SSSR count). The van der Waals surface area contributed by atoms with E-state index < -0.39 is 11.6 Å². The Bertz CT molecular complexity index is 616. The van der Waals surface area contributed by atoms with Gasteiger partial charge < -0.3 is 9.84 Å². The molecule has 0 atom stereocenters. The van der Waals surface area contributed by atoms with E-state index in [1.54, 1.807) is 17.4 Å². The summed E-state index contributed by atoms with van der Waals surface area (Å²) in [5, 5.41) is 10.1. The molecule has 0 radical (unpaired) electrons. The van der Waals surface area contributed by atoms with Gasteiger partial charge in [-0.2, -0.15) is 0 Å². The highest BCUT2D eigenvalue weighted by atomic mass is 32.1. The van der Waals surface area contributed by atoms with E-state index in [1.165, 1.54) is 13.8 Å². The maximum atomic E-state index is 11.0. The van der Waals surface area contributed by atoms with Gasteiger partial charge in [0, 0.05) is 5.92 Å². The molecule has 0 unspecified atom stereocenters. The van der Waals surface area contributed by atoms with Crippen LogP contribution in [0.2, 0.25) is 0 Å². The van der Waals surface area contributed by atoms with Gasteiger partial charge in [-0.3, -0.25) is 0 Å². The molecule has 4 nitrogen and oxygen atoms in total. The van der Waals surface area contributed by atoms with Gasteiger partial charge in [0.15, 0.2) is 5.60 Å². The van der Waals surface area contributed by atoms with Crippen LogP contribution in [0.3, 0.4) is 0 Å². The van der Waals surface area contributed by atoms with E-state index in [2.05, 4.69) is 18.8 Å². The fourth-order valence-corrected chi connectivity index (χ4v) is 2.57. The number of aliphatic carboxylic acids is 1. The van der Waals surface area contributed by atoms with E-state index >= 15 is 0 Å². The standard InChI is InChI=1S/C14H17NO3S/c1-8(2)12-15-10-6-5-9(7-11(10)19-12)18-14(3,4)13(16)17/h5-8H,1-4H3,(H,16,17). The maximum Gasteiger partial charge on any atom is 0.347 e. The Hall–Kier alpha value is -1.62.